The summed E-state index contributed by atoms with van der Waals surface area (Å²) < 4.78 is 5.26. The van der Waals surface area contributed by atoms with E-state index in [0.717, 1.165) is 43.8 Å². The molecule has 0 unspecified atom stereocenters. The molecule has 0 aliphatic rings. The normalized spacial score (nSPS) is 11.0. The smallest absolute Gasteiger partial charge is 0.262 e. The maximum atomic E-state index is 5.26. The van der Waals surface area contributed by atoms with Gasteiger partial charge >= 0.3 is 0 Å². The summed E-state index contributed by atoms with van der Waals surface area (Å²) in [5, 5.41) is 4.66. The second kappa shape index (κ2) is 15.9. The summed E-state index contributed by atoms with van der Waals surface area (Å²) >= 11 is -0.407. The molecular weight excluding hydrogens is 319 g/mol. The van der Waals surface area contributed by atoms with Gasteiger partial charge in [0.1, 0.15) is 0 Å². The molecule has 0 heterocycles. The average Bonchev–Trinajstić information content (AvgIpc) is 2.51. The second-order valence-corrected chi connectivity index (χ2v) is 11.7. The molecule has 144 valence electrons. The van der Waals surface area contributed by atoms with Gasteiger partial charge < -0.3 is 4.74 Å². The highest BCUT2D eigenvalue weighted by Crippen LogP contribution is 2.21. The van der Waals surface area contributed by atoms with Crippen molar-refractivity contribution in [3.8, 4) is 0 Å². The molecule has 0 radical (unpaired) electrons. The number of hydrogen-bond acceptors (Lipinski definition) is 1. The molecule has 0 fully saturated rings. The van der Waals surface area contributed by atoms with Crippen LogP contribution >= 0.6 is 0 Å². The van der Waals surface area contributed by atoms with E-state index in [1.54, 1.807) is 15.8 Å². The molecule has 1 nitrogen and oxygen atoms in total. The zero-order valence-electron chi connectivity index (χ0n) is 18.1. The Bertz CT molecular complexity index is 363. The molecule has 0 saturated heterocycles. The van der Waals surface area contributed by atoms with Crippen molar-refractivity contribution in [1.29, 1.82) is 0 Å². The SMILES string of the molecule is CC(C)[CH2][Al]([CH2]C(C)C)[CH2]C(C)C.CCOCCCc1ccccc1. The van der Waals surface area contributed by atoms with E-state index in [1.165, 1.54) is 5.56 Å². The molecule has 2 heteroatoms. The minimum absolute atomic E-state index is 0.407. The predicted octanol–water partition coefficient (Wildman–Crippen LogP) is 7.10. The minimum Gasteiger partial charge on any atom is -0.382 e. The average molecular weight is 363 g/mol. The van der Waals surface area contributed by atoms with E-state index in [0.29, 0.717) is 0 Å². The molecular formula is C23H43AlO. The molecule has 0 aliphatic heterocycles. The lowest BCUT2D eigenvalue weighted by Crippen LogP contribution is -2.19. The van der Waals surface area contributed by atoms with Gasteiger partial charge in [-0.3, -0.25) is 0 Å². The summed E-state index contributed by atoms with van der Waals surface area (Å²) in [5.41, 5.74) is 1.40. The van der Waals surface area contributed by atoms with Gasteiger partial charge in [-0.15, -0.1) is 0 Å². The maximum Gasteiger partial charge on any atom is 0.262 e. The lowest BCUT2D eigenvalue weighted by atomic mass is 10.1. The second-order valence-electron chi connectivity index (χ2n) is 8.54. The Morgan fingerprint density at radius 2 is 1.28 bits per heavy atom. The van der Waals surface area contributed by atoms with Crippen LogP contribution in [0.2, 0.25) is 15.8 Å². The fourth-order valence-corrected chi connectivity index (χ4v) is 8.03. The fourth-order valence-electron chi connectivity index (χ4n) is 3.46. The number of ether oxygens (including phenoxy) is 1. The van der Waals surface area contributed by atoms with E-state index in [9.17, 15) is 0 Å². The Hall–Kier alpha value is -0.288. The summed E-state index contributed by atoms with van der Waals surface area (Å²) in [4.78, 5) is 0. The molecule has 1 aromatic carbocycles. The third-order valence-corrected chi connectivity index (χ3v) is 9.04. The number of benzene rings is 1. The predicted molar refractivity (Wildman–Crippen MR) is 116 cm³/mol. The van der Waals surface area contributed by atoms with Crippen molar-refractivity contribution >= 4 is 14.1 Å². The van der Waals surface area contributed by atoms with Crippen LogP contribution in [0.15, 0.2) is 30.3 Å². The van der Waals surface area contributed by atoms with Crippen LogP contribution < -0.4 is 0 Å². The van der Waals surface area contributed by atoms with Gasteiger partial charge in [0.15, 0.2) is 0 Å². The molecule has 0 bridgehead atoms. The molecule has 0 aromatic heterocycles. The Kier molecular flexibility index (Phi) is 15.7. The van der Waals surface area contributed by atoms with E-state index in [4.69, 9.17) is 4.74 Å². The lowest BCUT2D eigenvalue weighted by Gasteiger charge is -2.17. The first kappa shape index (κ1) is 24.7. The molecule has 1 aromatic rings. The van der Waals surface area contributed by atoms with Gasteiger partial charge in [-0.1, -0.05) is 105 Å². The summed E-state index contributed by atoms with van der Waals surface area (Å²) in [6.45, 7) is 18.0. The minimum atomic E-state index is -0.407. The molecule has 0 aliphatic carbocycles. The monoisotopic (exact) mass is 362 g/mol. The molecule has 25 heavy (non-hydrogen) atoms. The molecule has 1 rings (SSSR count). The van der Waals surface area contributed by atoms with Gasteiger partial charge in [0.25, 0.3) is 14.1 Å². The van der Waals surface area contributed by atoms with E-state index >= 15 is 0 Å². The van der Waals surface area contributed by atoms with Crippen LogP contribution in [0.25, 0.3) is 0 Å². The van der Waals surface area contributed by atoms with E-state index in [1.807, 2.05) is 13.0 Å². The molecule has 0 spiro atoms. The van der Waals surface area contributed by atoms with Gasteiger partial charge in [0.05, 0.1) is 0 Å². The van der Waals surface area contributed by atoms with Crippen molar-refractivity contribution in [3.05, 3.63) is 35.9 Å². The first-order chi connectivity index (χ1) is 11.8. The van der Waals surface area contributed by atoms with Crippen molar-refractivity contribution in [2.75, 3.05) is 13.2 Å². The van der Waals surface area contributed by atoms with Crippen LogP contribution in [0.1, 0.15) is 60.5 Å². The standard InChI is InChI=1S/C11H16O.3C4H9.Al/c1-2-12-10-6-9-11-7-4-3-5-8-11;3*1-4(2)3;/h3-5,7-8H,2,6,9-10H2,1H3;3*4H,1H2,2-3H3;. The third-order valence-electron chi connectivity index (χ3n) is 4.22. The van der Waals surface area contributed by atoms with Crippen LogP contribution in [0.4, 0.5) is 0 Å². The van der Waals surface area contributed by atoms with E-state index in [-0.39, 0.29) is 0 Å². The topological polar surface area (TPSA) is 9.23 Å². The lowest BCUT2D eigenvalue weighted by molar-refractivity contribution is 0.145. The van der Waals surface area contributed by atoms with Gasteiger partial charge in [-0.2, -0.15) is 0 Å². The number of aryl methyl sites for hydroxylation is 1. The van der Waals surface area contributed by atoms with Crippen LogP contribution in [0.3, 0.4) is 0 Å². The van der Waals surface area contributed by atoms with Gasteiger partial charge in [0.2, 0.25) is 0 Å². The Labute approximate surface area is 163 Å². The van der Waals surface area contributed by atoms with Crippen molar-refractivity contribution in [3.63, 3.8) is 0 Å². The quantitative estimate of drug-likeness (QED) is 0.301. The highest BCUT2D eigenvalue weighted by Gasteiger charge is 2.20. The van der Waals surface area contributed by atoms with E-state index in [2.05, 4.69) is 65.8 Å². The number of rotatable bonds is 11. The zero-order chi connectivity index (χ0) is 19.1. The van der Waals surface area contributed by atoms with Gasteiger partial charge in [-0.25, -0.2) is 0 Å². The maximum absolute atomic E-state index is 5.26. The van der Waals surface area contributed by atoms with Crippen LogP contribution in [-0.2, 0) is 11.2 Å². The van der Waals surface area contributed by atoms with Crippen LogP contribution in [0, 0.1) is 17.8 Å². The fraction of sp³-hybridized carbons (Fsp3) is 0.739. The van der Waals surface area contributed by atoms with Gasteiger partial charge in [-0.05, 0) is 25.3 Å². The highest BCUT2D eigenvalue weighted by molar-refractivity contribution is 6.58. The van der Waals surface area contributed by atoms with Gasteiger partial charge in [0, 0.05) is 13.2 Å². The van der Waals surface area contributed by atoms with Crippen molar-refractivity contribution < 1.29 is 4.74 Å². The van der Waals surface area contributed by atoms with Crippen molar-refractivity contribution in [2.24, 2.45) is 17.8 Å². The first-order valence-electron chi connectivity index (χ1n) is 10.5. The summed E-state index contributed by atoms with van der Waals surface area (Å²) in [6, 6.07) is 10.5. The van der Waals surface area contributed by atoms with E-state index < -0.39 is 14.1 Å². The van der Waals surface area contributed by atoms with Crippen molar-refractivity contribution in [1.82, 2.24) is 0 Å². The summed E-state index contributed by atoms with van der Waals surface area (Å²) in [5.74, 6) is 2.78. The summed E-state index contributed by atoms with van der Waals surface area (Å²) in [6.07, 6.45) is 2.25. The highest BCUT2D eigenvalue weighted by atomic mass is 27.2. The number of hydrogen-bond donors (Lipinski definition) is 0. The van der Waals surface area contributed by atoms with Crippen molar-refractivity contribution in [2.45, 2.75) is 77.2 Å². The molecule has 0 N–H and O–H groups in total. The Morgan fingerprint density at radius 3 is 1.68 bits per heavy atom. The molecule has 0 atom stereocenters. The third kappa shape index (κ3) is 16.9. The van der Waals surface area contributed by atoms with Crippen LogP contribution in [0.5, 0.6) is 0 Å². The molecule has 0 saturated carbocycles. The first-order valence-corrected chi connectivity index (χ1v) is 12.9. The molecule has 0 amide bonds. The largest absolute Gasteiger partial charge is 0.382 e. The van der Waals surface area contributed by atoms with Crippen LogP contribution in [-0.4, -0.2) is 27.4 Å². The Morgan fingerprint density at radius 1 is 0.800 bits per heavy atom. The zero-order valence-corrected chi connectivity index (χ0v) is 19.2. The Balaban J connectivity index is 0.000000462. The summed E-state index contributed by atoms with van der Waals surface area (Å²) in [7, 11) is 0.